The molecule has 0 spiro atoms. The smallest absolute Gasteiger partial charge is 0.0540 e. The van der Waals surface area contributed by atoms with Crippen molar-refractivity contribution in [3.63, 3.8) is 0 Å². The molecule has 1 saturated heterocycles. The second-order valence-electron chi connectivity index (χ2n) is 5.38. The van der Waals surface area contributed by atoms with Crippen molar-refractivity contribution in [2.45, 2.75) is 37.3 Å². The molecule has 0 radical (unpaired) electrons. The maximum atomic E-state index is 8.82. The van der Waals surface area contributed by atoms with Crippen LogP contribution in [0.25, 0.3) is 0 Å². The molecule has 1 aromatic carbocycles. The van der Waals surface area contributed by atoms with Crippen LogP contribution in [0.2, 0.25) is 0 Å². The standard InChI is InChI=1S/C17H23NOS/c1-14-11-18(12-15(2)20-14)13-17-9-4-3-7-16(17)8-5-6-10-19/h3-4,7,9,14-15,19H,6,10-13H2,1-2H3. The largest absolute Gasteiger partial charge is 0.395 e. The number of aliphatic hydroxyl groups excluding tert-OH is 1. The highest BCUT2D eigenvalue weighted by Crippen LogP contribution is 2.26. The van der Waals surface area contributed by atoms with Gasteiger partial charge in [-0.15, -0.1) is 0 Å². The van der Waals surface area contributed by atoms with Crippen molar-refractivity contribution in [1.82, 2.24) is 4.90 Å². The van der Waals surface area contributed by atoms with E-state index >= 15 is 0 Å². The van der Waals surface area contributed by atoms with Gasteiger partial charge in [0.1, 0.15) is 0 Å². The molecule has 0 aliphatic carbocycles. The predicted octanol–water partition coefficient (Wildman–Crippen LogP) is 2.75. The first-order valence-electron chi connectivity index (χ1n) is 7.24. The number of nitrogens with zero attached hydrogens (tertiary/aromatic N) is 1. The van der Waals surface area contributed by atoms with E-state index in [0.717, 1.165) is 25.2 Å². The van der Waals surface area contributed by atoms with Crippen molar-refractivity contribution in [2.75, 3.05) is 19.7 Å². The van der Waals surface area contributed by atoms with Crippen molar-refractivity contribution in [1.29, 1.82) is 0 Å². The Morgan fingerprint density at radius 3 is 2.65 bits per heavy atom. The van der Waals surface area contributed by atoms with Crippen LogP contribution in [0.15, 0.2) is 24.3 Å². The Hall–Kier alpha value is -0.950. The maximum absolute atomic E-state index is 8.82. The van der Waals surface area contributed by atoms with Gasteiger partial charge in [0, 0.05) is 42.1 Å². The van der Waals surface area contributed by atoms with Gasteiger partial charge in [0.2, 0.25) is 0 Å². The summed E-state index contributed by atoms with van der Waals surface area (Å²) < 4.78 is 0. The van der Waals surface area contributed by atoms with Crippen molar-refractivity contribution < 1.29 is 5.11 Å². The minimum Gasteiger partial charge on any atom is -0.395 e. The molecular weight excluding hydrogens is 266 g/mol. The number of aliphatic hydroxyl groups is 1. The van der Waals surface area contributed by atoms with E-state index in [4.69, 9.17) is 5.11 Å². The average molecular weight is 289 g/mol. The zero-order valence-electron chi connectivity index (χ0n) is 12.3. The SMILES string of the molecule is CC1CN(Cc2ccccc2C#CCCO)CC(C)S1. The van der Waals surface area contributed by atoms with Crippen molar-refractivity contribution in [3.05, 3.63) is 35.4 Å². The zero-order valence-corrected chi connectivity index (χ0v) is 13.1. The number of hydrogen-bond donors (Lipinski definition) is 1. The summed E-state index contributed by atoms with van der Waals surface area (Å²) in [6, 6.07) is 8.35. The highest BCUT2D eigenvalue weighted by atomic mass is 32.2. The Morgan fingerprint density at radius 2 is 1.95 bits per heavy atom. The van der Waals surface area contributed by atoms with Crippen LogP contribution in [0.1, 0.15) is 31.4 Å². The van der Waals surface area contributed by atoms with Gasteiger partial charge in [0.25, 0.3) is 0 Å². The molecule has 1 aliphatic heterocycles. The average Bonchev–Trinajstić information content (AvgIpc) is 2.40. The van der Waals surface area contributed by atoms with Gasteiger partial charge >= 0.3 is 0 Å². The third-order valence-corrected chi connectivity index (χ3v) is 4.59. The van der Waals surface area contributed by atoms with Gasteiger partial charge in [-0.3, -0.25) is 4.90 Å². The molecule has 0 amide bonds. The van der Waals surface area contributed by atoms with E-state index in [1.165, 1.54) is 5.56 Å². The van der Waals surface area contributed by atoms with Crippen molar-refractivity contribution >= 4 is 11.8 Å². The molecule has 1 heterocycles. The van der Waals surface area contributed by atoms with E-state index in [-0.39, 0.29) is 6.61 Å². The zero-order chi connectivity index (χ0) is 14.4. The normalized spacial score (nSPS) is 23.1. The van der Waals surface area contributed by atoms with Crippen LogP contribution in [0.5, 0.6) is 0 Å². The minimum absolute atomic E-state index is 0.132. The molecular formula is C17H23NOS. The lowest BCUT2D eigenvalue weighted by Crippen LogP contribution is -2.39. The van der Waals surface area contributed by atoms with Gasteiger partial charge in [-0.25, -0.2) is 0 Å². The van der Waals surface area contributed by atoms with Gasteiger partial charge in [-0.05, 0) is 11.6 Å². The van der Waals surface area contributed by atoms with E-state index < -0.39 is 0 Å². The molecule has 1 N–H and O–H groups in total. The minimum atomic E-state index is 0.132. The summed E-state index contributed by atoms with van der Waals surface area (Å²) in [6.45, 7) is 8.01. The van der Waals surface area contributed by atoms with Crippen LogP contribution < -0.4 is 0 Å². The topological polar surface area (TPSA) is 23.5 Å². The third kappa shape index (κ3) is 4.56. The molecule has 20 heavy (non-hydrogen) atoms. The van der Waals surface area contributed by atoms with Gasteiger partial charge in [0.05, 0.1) is 6.61 Å². The quantitative estimate of drug-likeness (QED) is 0.866. The lowest BCUT2D eigenvalue weighted by Gasteiger charge is -2.34. The summed E-state index contributed by atoms with van der Waals surface area (Å²) in [5.74, 6) is 6.21. The number of benzene rings is 1. The number of thioether (sulfide) groups is 1. The molecule has 0 saturated carbocycles. The summed E-state index contributed by atoms with van der Waals surface area (Å²) in [4.78, 5) is 2.53. The van der Waals surface area contributed by atoms with E-state index in [0.29, 0.717) is 16.9 Å². The predicted molar refractivity (Wildman–Crippen MR) is 86.8 cm³/mol. The van der Waals surface area contributed by atoms with Crippen LogP contribution >= 0.6 is 11.8 Å². The Kier molecular flexibility index (Phi) is 5.97. The summed E-state index contributed by atoms with van der Waals surface area (Å²) in [5, 5.41) is 10.2. The number of hydrogen-bond acceptors (Lipinski definition) is 3. The molecule has 0 bridgehead atoms. The Morgan fingerprint density at radius 1 is 1.25 bits per heavy atom. The lowest BCUT2D eigenvalue weighted by molar-refractivity contribution is 0.262. The second kappa shape index (κ2) is 7.73. The van der Waals surface area contributed by atoms with Crippen molar-refractivity contribution in [3.8, 4) is 11.8 Å². The van der Waals surface area contributed by atoms with Gasteiger partial charge < -0.3 is 5.11 Å². The first-order chi connectivity index (χ1) is 9.69. The fourth-order valence-corrected chi connectivity index (χ4v) is 4.04. The molecule has 1 aliphatic rings. The molecule has 1 fully saturated rings. The molecule has 2 atom stereocenters. The van der Waals surface area contributed by atoms with Crippen LogP contribution in [-0.4, -0.2) is 40.2 Å². The summed E-state index contributed by atoms with van der Waals surface area (Å²) in [5.41, 5.74) is 2.39. The fraction of sp³-hybridized carbons (Fsp3) is 0.529. The molecule has 3 heteroatoms. The lowest BCUT2D eigenvalue weighted by atomic mass is 10.1. The fourth-order valence-electron chi connectivity index (χ4n) is 2.65. The third-order valence-electron chi connectivity index (χ3n) is 3.37. The van der Waals surface area contributed by atoms with E-state index in [2.05, 4.69) is 60.5 Å². The summed E-state index contributed by atoms with van der Waals surface area (Å²) >= 11 is 2.08. The molecule has 108 valence electrons. The van der Waals surface area contributed by atoms with Crippen LogP contribution in [0, 0.1) is 11.8 Å². The van der Waals surface area contributed by atoms with Crippen LogP contribution in [0.3, 0.4) is 0 Å². The Balaban J connectivity index is 2.07. The van der Waals surface area contributed by atoms with Crippen LogP contribution in [-0.2, 0) is 6.54 Å². The molecule has 2 unspecified atom stereocenters. The molecule has 0 aromatic heterocycles. The van der Waals surface area contributed by atoms with Crippen LogP contribution in [0.4, 0.5) is 0 Å². The molecule has 1 aromatic rings. The maximum Gasteiger partial charge on any atom is 0.0540 e. The first-order valence-corrected chi connectivity index (χ1v) is 8.18. The molecule has 2 nitrogen and oxygen atoms in total. The highest BCUT2D eigenvalue weighted by Gasteiger charge is 2.22. The van der Waals surface area contributed by atoms with Crippen molar-refractivity contribution in [2.24, 2.45) is 0 Å². The Bertz CT molecular complexity index is 481. The van der Waals surface area contributed by atoms with Gasteiger partial charge in [0.15, 0.2) is 0 Å². The molecule has 2 rings (SSSR count). The van der Waals surface area contributed by atoms with Gasteiger partial charge in [-0.2, -0.15) is 11.8 Å². The summed E-state index contributed by atoms with van der Waals surface area (Å²) in [6.07, 6.45) is 0.544. The Labute approximate surface area is 126 Å². The monoisotopic (exact) mass is 289 g/mol. The first kappa shape index (κ1) is 15.4. The highest BCUT2D eigenvalue weighted by molar-refractivity contribution is 8.00. The summed E-state index contributed by atoms with van der Waals surface area (Å²) in [7, 11) is 0. The van der Waals surface area contributed by atoms with E-state index in [9.17, 15) is 0 Å². The van der Waals surface area contributed by atoms with Gasteiger partial charge in [-0.1, -0.05) is 43.9 Å². The van der Waals surface area contributed by atoms with E-state index in [1.54, 1.807) is 0 Å². The second-order valence-corrected chi connectivity index (χ2v) is 7.27. The van der Waals surface area contributed by atoms with E-state index in [1.807, 2.05) is 6.07 Å². The number of rotatable bonds is 3.